The van der Waals surface area contributed by atoms with Gasteiger partial charge >= 0.3 is 5.97 Å². The molecule has 0 bridgehead atoms. The Morgan fingerprint density at radius 3 is 2.81 bits per heavy atom. The number of amides is 1. The van der Waals surface area contributed by atoms with Gasteiger partial charge in [0, 0.05) is 25.3 Å². The second-order valence-electron chi connectivity index (χ2n) is 5.79. The number of anilines is 1. The molecule has 2 aliphatic heterocycles. The van der Waals surface area contributed by atoms with Crippen molar-refractivity contribution in [3.63, 3.8) is 0 Å². The number of rotatable bonds is 4. The topological polar surface area (TPSA) is 78.9 Å². The number of carbonyl (C=O) groups excluding carboxylic acids is 1. The van der Waals surface area contributed by atoms with Gasteiger partial charge in [0.25, 0.3) is 5.91 Å². The van der Waals surface area contributed by atoms with Gasteiger partial charge in [0.15, 0.2) is 0 Å². The van der Waals surface area contributed by atoms with Gasteiger partial charge in [-0.05, 0) is 31.0 Å². The zero-order valence-corrected chi connectivity index (χ0v) is 11.9. The van der Waals surface area contributed by atoms with E-state index in [2.05, 4.69) is 5.32 Å². The molecule has 1 amide bonds. The van der Waals surface area contributed by atoms with Gasteiger partial charge in [-0.1, -0.05) is 6.07 Å². The van der Waals surface area contributed by atoms with Crippen LogP contribution in [-0.4, -0.2) is 48.8 Å². The monoisotopic (exact) mass is 290 g/mol. The van der Waals surface area contributed by atoms with E-state index in [1.807, 2.05) is 6.92 Å². The standard InChI is InChI=1S/C15H18N2O4/c1-15(8-16-9-15)21-7-13(18)17-5-4-10-2-3-11(14(19)20)6-12(10)17/h2-3,6,16H,4-5,7-9H2,1H3,(H,19,20). The highest BCUT2D eigenvalue weighted by Gasteiger charge is 2.34. The van der Waals surface area contributed by atoms with Crippen molar-refractivity contribution in [2.45, 2.75) is 18.9 Å². The summed E-state index contributed by atoms with van der Waals surface area (Å²) in [6.45, 7) is 4.07. The van der Waals surface area contributed by atoms with Crippen molar-refractivity contribution in [1.82, 2.24) is 5.32 Å². The van der Waals surface area contributed by atoms with Crippen LogP contribution >= 0.6 is 0 Å². The van der Waals surface area contributed by atoms with E-state index < -0.39 is 5.97 Å². The first-order valence-electron chi connectivity index (χ1n) is 7.00. The minimum atomic E-state index is -0.985. The summed E-state index contributed by atoms with van der Waals surface area (Å²) in [7, 11) is 0. The maximum atomic E-state index is 12.3. The lowest BCUT2D eigenvalue weighted by molar-refractivity contribution is -0.133. The highest BCUT2D eigenvalue weighted by atomic mass is 16.5. The van der Waals surface area contributed by atoms with Crippen LogP contribution in [0, 0.1) is 0 Å². The van der Waals surface area contributed by atoms with Crippen LogP contribution in [0.4, 0.5) is 5.69 Å². The number of carboxylic acid groups (broad SMARTS) is 1. The van der Waals surface area contributed by atoms with Gasteiger partial charge in [0.1, 0.15) is 6.61 Å². The Kier molecular flexibility index (Phi) is 3.43. The summed E-state index contributed by atoms with van der Waals surface area (Å²) in [6, 6.07) is 4.92. The Bertz CT molecular complexity index is 595. The van der Waals surface area contributed by atoms with Crippen molar-refractivity contribution in [2.24, 2.45) is 0 Å². The second-order valence-corrected chi connectivity index (χ2v) is 5.79. The Labute approximate surface area is 122 Å². The van der Waals surface area contributed by atoms with Gasteiger partial charge in [0.2, 0.25) is 0 Å². The predicted octanol–water partition coefficient (Wildman–Crippen LogP) is 0.652. The average molecular weight is 290 g/mol. The SMILES string of the molecule is CC1(OCC(=O)N2CCc3ccc(C(=O)O)cc32)CNC1. The third kappa shape index (κ3) is 2.64. The number of hydrogen-bond acceptors (Lipinski definition) is 4. The van der Waals surface area contributed by atoms with Crippen LogP contribution < -0.4 is 10.2 Å². The average Bonchev–Trinajstić information content (AvgIpc) is 2.85. The summed E-state index contributed by atoms with van der Waals surface area (Å²) in [5.41, 5.74) is 1.64. The van der Waals surface area contributed by atoms with E-state index in [1.165, 1.54) is 0 Å². The van der Waals surface area contributed by atoms with Crippen molar-refractivity contribution in [1.29, 1.82) is 0 Å². The zero-order valence-electron chi connectivity index (χ0n) is 11.9. The molecule has 1 fully saturated rings. The first kappa shape index (κ1) is 14.0. The van der Waals surface area contributed by atoms with Gasteiger partial charge < -0.3 is 20.1 Å². The largest absolute Gasteiger partial charge is 0.478 e. The van der Waals surface area contributed by atoms with E-state index >= 15 is 0 Å². The number of fused-ring (bicyclic) bond motifs is 1. The summed E-state index contributed by atoms with van der Waals surface area (Å²) in [5, 5.41) is 12.2. The number of nitrogens with zero attached hydrogens (tertiary/aromatic N) is 1. The van der Waals surface area contributed by atoms with Gasteiger partial charge in [-0.25, -0.2) is 4.79 Å². The summed E-state index contributed by atoms with van der Waals surface area (Å²) < 4.78 is 5.66. The molecule has 0 unspecified atom stereocenters. The van der Waals surface area contributed by atoms with E-state index in [4.69, 9.17) is 9.84 Å². The molecule has 0 aliphatic carbocycles. The summed E-state index contributed by atoms with van der Waals surface area (Å²) in [4.78, 5) is 25.0. The third-order valence-corrected chi connectivity index (χ3v) is 4.07. The minimum absolute atomic E-state index is 0.0227. The van der Waals surface area contributed by atoms with Gasteiger partial charge in [-0.15, -0.1) is 0 Å². The Hall–Kier alpha value is -1.92. The molecule has 0 atom stereocenters. The molecular formula is C15H18N2O4. The fourth-order valence-corrected chi connectivity index (χ4v) is 2.66. The molecule has 21 heavy (non-hydrogen) atoms. The van der Waals surface area contributed by atoms with Crippen molar-refractivity contribution in [3.8, 4) is 0 Å². The van der Waals surface area contributed by atoms with E-state index in [9.17, 15) is 9.59 Å². The lowest BCUT2D eigenvalue weighted by Crippen LogP contribution is -2.59. The van der Waals surface area contributed by atoms with E-state index in [1.54, 1.807) is 23.1 Å². The van der Waals surface area contributed by atoms with E-state index in [0.717, 1.165) is 25.1 Å². The van der Waals surface area contributed by atoms with Crippen LogP contribution in [0.25, 0.3) is 0 Å². The fourth-order valence-electron chi connectivity index (χ4n) is 2.66. The normalized spacial score (nSPS) is 19.0. The number of carboxylic acids is 1. The molecule has 0 saturated carbocycles. The molecular weight excluding hydrogens is 272 g/mol. The van der Waals surface area contributed by atoms with Gasteiger partial charge in [-0.3, -0.25) is 4.79 Å². The number of benzene rings is 1. The van der Waals surface area contributed by atoms with Crippen LogP contribution in [0.1, 0.15) is 22.8 Å². The third-order valence-electron chi connectivity index (χ3n) is 4.07. The lowest BCUT2D eigenvalue weighted by Gasteiger charge is -2.39. The van der Waals surface area contributed by atoms with E-state index in [0.29, 0.717) is 12.2 Å². The quantitative estimate of drug-likeness (QED) is 0.851. The van der Waals surface area contributed by atoms with Crippen molar-refractivity contribution >= 4 is 17.6 Å². The van der Waals surface area contributed by atoms with Crippen LogP contribution in [0.5, 0.6) is 0 Å². The van der Waals surface area contributed by atoms with Crippen molar-refractivity contribution in [2.75, 3.05) is 31.1 Å². The smallest absolute Gasteiger partial charge is 0.335 e. The molecule has 6 nitrogen and oxygen atoms in total. The highest BCUT2D eigenvalue weighted by molar-refractivity contribution is 5.98. The highest BCUT2D eigenvalue weighted by Crippen LogP contribution is 2.29. The predicted molar refractivity (Wildman–Crippen MR) is 76.7 cm³/mol. The molecule has 0 aromatic heterocycles. The summed E-state index contributed by atoms with van der Waals surface area (Å²) in [6.07, 6.45) is 0.750. The molecule has 2 N–H and O–H groups in total. The number of nitrogens with one attached hydrogen (secondary N) is 1. The first-order chi connectivity index (χ1) is 9.98. The van der Waals surface area contributed by atoms with Crippen molar-refractivity contribution < 1.29 is 19.4 Å². The molecule has 3 rings (SSSR count). The number of aromatic carboxylic acids is 1. The summed E-state index contributed by atoms with van der Waals surface area (Å²) >= 11 is 0. The summed E-state index contributed by atoms with van der Waals surface area (Å²) in [5.74, 6) is -1.11. The molecule has 0 spiro atoms. The minimum Gasteiger partial charge on any atom is -0.478 e. The first-order valence-corrected chi connectivity index (χ1v) is 7.00. The Balaban J connectivity index is 1.72. The van der Waals surface area contributed by atoms with Crippen LogP contribution in [0.3, 0.4) is 0 Å². The van der Waals surface area contributed by atoms with Crippen molar-refractivity contribution in [3.05, 3.63) is 29.3 Å². The molecule has 1 saturated heterocycles. The van der Waals surface area contributed by atoms with E-state index in [-0.39, 0.29) is 23.7 Å². The number of carbonyl (C=O) groups is 2. The molecule has 1 aromatic rings. The van der Waals surface area contributed by atoms with Crippen LogP contribution in [-0.2, 0) is 16.0 Å². The zero-order chi connectivity index (χ0) is 15.0. The Morgan fingerprint density at radius 2 is 2.19 bits per heavy atom. The molecule has 2 aliphatic rings. The van der Waals surface area contributed by atoms with Crippen LogP contribution in [0.15, 0.2) is 18.2 Å². The molecule has 0 radical (unpaired) electrons. The maximum absolute atomic E-state index is 12.3. The second kappa shape index (κ2) is 5.13. The Morgan fingerprint density at radius 1 is 1.43 bits per heavy atom. The number of hydrogen-bond donors (Lipinski definition) is 2. The molecule has 112 valence electrons. The lowest BCUT2D eigenvalue weighted by atomic mass is 10.0. The molecule has 2 heterocycles. The van der Waals surface area contributed by atoms with Crippen LogP contribution in [0.2, 0.25) is 0 Å². The van der Waals surface area contributed by atoms with Gasteiger partial charge in [-0.2, -0.15) is 0 Å². The fraction of sp³-hybridized carbons (Fsp3) is 0.467. The number of ether oxygens (including phenoxy) is 1. The van der Waals surface area contributed by atoms with Gasteiger partial charge in [0.05, 0.1) is 11.2 Å². The molecule has 1 aromatic carbocycles. The maximum Gasteiger partial charge on any atom is 0.335 e. The molecule has 6 heteroatoms.